The number of aliphatic imine (C=N–C) groups is 1. The van der Waals surface area contributed by atoms with Crippen LogP contribution in [0.1, 0.15) is 18.1 Å². The zero-order valence-electron chi connectivity index (χ0n) is 15.6. The molecule has 27 heavy (non-hydrogen) atoms. The molecule has 0 atom stereocenters. The molecule has 2 aromatic carbocycles. The molecule has 0 aromatic heterocycles. The van der Waals surface area contributed by atoms with Gasteiger partial charge in [-0.3, -0.25) is 4.79 Å². The third-order valence-electron chi connectivity index (χ3n) is 3.77. The number of carbonyl (C=O) groups excluding carboxylic acids is 1. The van der Waals surface area contributed by atoms with Crippen LogP contribution in [0.15, 0.2) is 53.5 Å². The number of guanidine groups is 1. The van der Waals surface area contributed by atoms with E-state index in [1.54, 1.807) is 6.07 Å². The lowest BCUT2D eigenvalue weighted by molar-refractivity contribution is -0.114. The zero-order chi connectivity index (χ0) is 18.8. The molecular weight excluding hydrogens is 458 g/mol. The molecule has 2 rings (SSSR count). The summed E-state index contributed by atoms with van der Waals surface area (Å²) in [6, 6.07) is 14.1. The Labute approximate surface area is 176 Å². The summed E-state index contributed by atoms with van der Waals surface area (Å²) in [5.41, 5.74) is 2.75. The number of rotatable bonds is 7. The minimum absolute atomic E-state index is 0. The van der Waals surface area contributed by atoms with Gasteiger partial charge in [-0.1, -0.05) is 24.3 Å². The standard InChI is InChI=1S/C20H25FN4O.HI/c1-3-22-20(23-12-11-16-9-10-17(21)13-15(16)2)24-14-19(26)25-18-7-5-4-6-8-18;/h4-10,13H,3,11-12,14H2,1-2H3,(H,25,26)(H2,22,23,24);1H. The van der Waals surface area contributed by atoms with Crippen molar-refractivity contribution >= 4 is 41.5 Å². The molecular formula is C20H26FIN4O. The number of benzene rings is 2. The molecule has 7 heteroatoms. The molecule has 0 saturated heterocycles. The lowest BCUT2D eigenvalue weighted by Gasteiger charge is -2.12. The molecule has 0 spiro atoms. The SMILES string of the molecule is CCNC(=NCC(=O)Nc1ccccc1)NCCc1ccc(F)cc1C.I. The average Bonchev–Trinajstić information content (AvgIpc) is 2.62. The van der Waals surface area contributed by atoms with Crippen molar-refractivity contribution in [2.75, 3.05) is 25.0 Å². The minimum Gasteiger partial charge on any atom is -0.357 e. The fraction of sp³-hybridized carbons (Fsp3) is 0.300. The van der Waals surface area contributed by atoms with Crippen molar-refractivity contribution in [2.24, 2.45) is 4.99 Å². The Bertz CT molecular complexity index is 753. The highest BCUT2D eigenvalue weighted by atomic mass is 127. The molecule has 5 nitrogen and oxygen atoms in total. The maximum atomic E-state index is 13.1. The maximum absolute atomic E-state index is 13.1. The van der Waals surface area contributed by atoms with Crippen LogP contribution in [0.5, 0.6) is 0 Å². The second kappa shape index (κ2) is 12.3. The summed E-state index contributed by atoms with van der Waals surface area (Å²) in [6.45, 7) is 5.22. The molecule has 2 aromatic rings. The molecule has 3 N–H and O–H groups in total. The number of nitrogens with zero attached hydrogens (tertiary/aromatic N) is 1. The highest BCUT2D eigenvalue weighted by molar-refractivity contribution is 14.0. The number of amides is 1. The number of anilines is 1. The molecule has 0 heterocycles. The Kier molecular flexibility index (Phi) is 10.4. The first-order valence-corrected chi connectivity index (χ1v) is 8.70. The van der Waals surface area contributed by atoms with Crippen LogP contribution in [0, 0.1) is 12.7 Å². The number of halogens is 2. The quantitative estimate of drug-likeness (QED) is 0.320. The molecule has 0 aliphatic rings. The average molecular weight is 484 g/mol. The predicted molar refractivity (Wildman–Crippen MR) is 119 cm³/mol. The number of hydrogen-bond acceptors (Lipinski definition) is 2. The Morgan fingerprint density at radius 3 is 2.52 bits per heavy atom. The Balaban J connectivity index is 0.00000364. The van der Waals surface area contributed by atoms with Gasteiger partial charge in [0.25, 0.3) is 0 Å². The summed E-state index contributed by atoms with van der Waals surface area (Å²) >= 11 is 0. The summed E-state index contributed by atoms with van der Waals surface area (Å²) in [5.74, 6) is 0.178. The van der Waals surface area contributed by atoms with E-state index in [4.69, 9.17) is 0 Å². The largest absolute Gasteiger partial charge is 0.357 e. The molecule has 1 amide bonds. The molecule has 0 aliphatic heterocycles. The van der Waals surface area contributed by atoms with Crippen LogP contribution >= 0.6 is 24.0 Å². The molecule has 0 fully saturated rings. The first kappa shape index (κ1) is 22.9. The van der Waals surface area contributed by atoms with Crippen LogP contribution < -0.4 is 16.0 Å². The van der Waals surface area contributed by atoms with Gasteiger partial charge in [0.05, 0.1) is 0 Å². The van der Waals surface area contributed by atoms with Gasteiger partial charge in [0.2, 0.25) is 5.91 Å². The topological polar surface area (TPSA) is 65.5 Å². The summed E-state index contributed by atoms with van der Waals surface area (Å²) in [7, 11) is 0. The Morgan fingerprint density at radius 2 is 1.85 bits per heavy atom. The third-order valence-corrected chi connectivity index (χ3v) is 3.77. The van der Waals surface area contributed by atoms with E-state index < -0.39 is 0 Å². The van der Waals surface area contributed by atoms with Crippen molar-refractivity contribution in [1.29, 1.82) is 0 Å². The second-order valence-corrected chi connectivity index (χ2v) is 5.86. The van der Waals surface area contributed by atoms with Crippen LogP contribution in [-0.2, 0) is 11.2 Å². The van der Waals surface area contributed by atoms with Crippen molar-refractivity contribution in [3.63, 3.8) is 0 Å². The highest BCUT2D eigenvalue weighted by Gasteiger charge is 2.04. The lowest BCUT2D eigenvalue weighted by Crippen LogP contribution is -2.39. The first-order valence-electron chi connectivity index (χ1n) is 8.70. The van der Waals surface area contributed by atoms with Gasteiger partial charge < -0.3 is 16.0 Å². The molecule has 0 radical (unpaired) electrons. The van der Waals surface area contributed by atoms with Gasteiger partial charge in [0, 0.05) is 18.8 Å². The van der Waals surface area contributed by atoms with Crippen molar-refractivity contribution < 1.29 is 9.18 Å². The van der Waals surface area contributed by atoms with Gasteiger partial charge in [0.1, 0.15) is 12.4 Å². The smallest absolute Gasteiger partial charge is 0.246 e. The van der Waals surface area contributed by atoms with E-state index in [9.17, 15) is 9.18 Å². The third kappa shape index (κ3) is 8.38. The van der Waals surface area contributed by atoms with E-state index in [0.29, 0.717) is 19.0 Å². The van der Waals surface area contributed by atoms with E-state index in [2.05, 4.69) is 20.9 Å². The zero-order valence-corrected chi connectivity index (χ0v) is 17.9. The monoisotopic (exact) mass is 484 g/mol. The normalized spacial score (nSPS) is 10.7. The molecule has 0 aliphatic carbocycles. The summed E-state index contributed by atoms with van der Waals surface area (Å²) in [6.07, 6.45) is 0.743. The van der Waals surface area contributed by atoms with Crippen LogP contribution in [0.4, 0.5) is 10.1 Å². The number of carbonyl (C=O) groups is 1. The van der Waals surface area contributed by atoms with Gasteiger partial charge in [0.15, 0.2) is 5.96 Å². The summed E-state index contributed by atoms with van der Waals surface area (Å²) < 4.78 is 13.1. The number of hydrogen-bond donors (Lipinski definition) is 3. The van der Waals surface area contributed by atoms with Crippen LogP contribution in [0.25, 0.3) is 0 Å². The number of aryl methyl sites for hydroxylation is 1. The van der Waals surface area contributed by atoms with Crippen molar-refractivity contribution in [1.82, 2.24) is 10.6 Å². The van der Waals surface area contributed by atoms with E-state index in [1.807, 2.05) is 44.2 Å². The second-order valence-electron chi connectivity index (χ2n) is 5.86. The van der Waals surface area contributed by atoms with Crippen LogP contribution in [0.2, 0.25) is 0 Å². The molecule has 0 unspecified atom stereocenters. The van der Waals surface area contributed by atoms with Crippen molar-refractivity contribution in [3.05, 3.63) is 65.5 Å². The van der Waals surface area contributed by atoms with E-state index in [1.165, 1.54) is 12.1 Å². The summed E-state index contributed by atoms with van der Waals surface area (Å²) in [4.78, 5) is 16.3. The first-order chi connectivity index (χ1) is 12.6. The summed E-state index contributed by atoms with van der Waals surface area (Å²) in [5, 5.41) is 9.10. The van der Waals surface area contributed by atoms with Crippen molar-refractivity contribution in [3.8, 4) is 0 Å². The van der Waals surface area contributed by atoms with Gasteiger partial charge >= 0.3 is 0 Å². The maximum Gasteiger partial charge on any atom is 0.246 e. The van der Waals surface area contributed by atoms with Gasteiger partial charge in [-0.15, -0.1) is 24.0 Å². The Morgan fingerprint density at radius 1 is 1.11 bits per heavy atom. The van der Waals surface area contributed by atoms with E-state index in [0.717, 1.165) is 23.2 Å². The lowest BCUT2D eigenvalue weighted by atomic mass is 10.1. The minimum atomic E-state index is -0.224. The fourth-order valence-electron chi connectivity index (χ4n) is 2.47. The predicted octanol–water partition coefficient (Wildman–Crippen LogP) is 3.49. The van der Waals surface area contributed by atoms with Crippen molar-refractivity contribution in [2.45, 2.75) is 20.3 Å². The van der Waals surface area contributed by atoms with E-state index >= 15 is 0 Å². The number of nitrogens with one attached hydrogen (secondary N) is 3. The number of para-hydroxylation sites is 1. The van der Waals surface area contributed by atoms with Gasteiger partial charge in [-0.25, -0.2) is 9.38 Å². The molecule has 146 valence electrons. The van der Waals surface area contributed by atoms with Crippen LogP contribution in [-0.4, -0.2) is 31.5 Å². The molecule has 0 bridgehead atoms. The van der Waals surface area contributed by atoms with Gasteiger partial charge in [-0.05, 0) is 55.7 Å². The van der Waals surface area contributed by atoms with Gasteiger partial charge in [-0.2, -0.15) is 0 Å². The fourth-order valence-corrected chi connectivity index (χ4v) is 2.47. The van der Waals surface area contributed by atoms with Crippen LogP contribution in [0.3, 0.4) is 0 Å². The highest BCUT2D eigenvalue weighted by Crippen LogP contribution is 2.10. The van der Waals surface area contributed by atoms with E-state index in [-0.39, 0.29) is 42.2 Å². The molecule has 0 saturated carbocycles. The Hall–Kier alpha value is -2.16.